The number of aromatic nitrogens is 2. The van der Waals surface area contributed by atoms with Crippen molar-refractivity contribution in [3.63, 3.8) is 0 Å². The fourth-order valence-corrected chi connectivity index (χ4v) is 3.80. The number of alkyl halides is 1. The molecule has 2 unspecified atom stereocenters. The first-order valence-corrected chi connectivity index (χ1v) is 9.41. The summed E-state index contributed by atoms with van der Waals surface area (Å²) in [5, 5.41) is 0. The fourth-order valence-electron chi connectivity index (χ4n) is 3.80. The van der Waals surface area contributed by atoms with Gasteiger partial charge in [-0.2, -0.15) is 0 Å². The van der Waals surface area contributed by atoms with Crippen LogP contribution >= 0.6 is 0 Å². The number of allylic oxidation sites excluding steroid dienone is 3. The predicted octanol–water partition coefficient (Wildman–Crippen LogP) is 5.76. The zero-order valence-corrected chi connectivity index (χ0v) is 15.7. The quantitative estimate of drug-likeness (QED) is 0.571. The van der Waals surface area contributed by atoms with Crippen LogP contribution < -0.4 is 4.90 Å². The van der Waals surface area contributed by atoms with Crippen LogP contribution in [0.25, 0.3) is 5.57 Å². The standard InChI is InChI=1S/C24H22FN3/c1-19(24(25)14-6-5-13-23(24)20-9-3-2-4-10-20)28(21-11-7-15-26-17-21)22-12-8-16-27-18-22/h2-13,15-19H,14H2,1H3. The van der Waals surface area contributed by atoms with Crippen LogP contribution in [0.3, 0.4) is 0 Å². The highest BCUT2D eigenvalue weighted by molar-refractivity contribution is 5.77. The van der Waals surface area contributed by atoms with Crippen molar-refractivity contribution in [3.8, 4) is 0 Å². The van der Waals surface area contributed by atoms with Crippen molar-refractivity contribution >= 4 is 16.9 Å². The van der Waals surface area contributed by atoms with Crippen molar-refractivity contribution in [3.05, 3.63) is 103 Å². The Balaban J connectivity index is 1.81. The molecule has 4 heteroatoms. The second-order valence-electron chi connectivity index (χ2n) is 6.91. The number of nitrogens with zero attached hydrogens (tertiary/aromatic N) is 3. The number of anilines is 2. The smallest absolute Gasteiger partial charge is 0.160 e. The van der Waals surface area contributed by atoms with Gasteiger partial charge in [0.1, 0.15) is 0 Å². The normalized spacial score (nSPS) is 19.7. The van der Waals surface area contributed by atoms with Gasteiger partial charge in [0.15, 0.2) is 5.67 Å². The second-order valence-corrected chi connectivity index (χ2v) is 6.91. The largest absolute Gasteiger partial charge is 0.333 e. The van der Waals surface area contributed by atoms with Gasteiger partial charge in [0.05, 0.1) is 29.8 Å². The Morgan fingerprint density at radius 1 is 0.929 bits per heavy atom. The minimum Gasteiger partial charge on any atom is -0.333 e. The third kappa shape index (κ3) is 3.33. The summed E-state index contributed by atoms with van der Waals surface area (Å²) < 4.78 is 16.7. The van der Waals surface area contributed by atoms with E-state index in [1.54, 1.807) is 24.8 Å². The molecule has 0 N–H and O–H groups in total. The molecule has 0 fully saturated rings. The van der Waals surface area contributed by atoms with Crippen LogP contribution in [0.2, 0.25) is 0 Å². The number of hydrogen-bond donors (Lipinski definition) is 0. The Labute approximate surface area is 164 Å². The maximum Gasteiger partial charge on any atom is 0.160 e. The Morgan fingerprint density at radius 2 is 1.57 bits per heavy atom. The third-order valence-corrected chi connectivity index (χ3v) is 5.24. The molecule has 2 aromatic heterocycles. The van der Waals surface area contributed by atoms with Crippen LogP contribution in [0.1, 0.15) is 18.9 Å². The van der Waals surface area contributed by atoms with Crippen molar-refractivity contribution in [1.82, 2.24) is 9.97 Å². The van der Waals surface area contributed by atoms with E-state index in [-0.39, 0.29) is 0 Å². The van der Waals surface area contributed by atoms with Crippen molar-refractivity contribution in [2.75, 3.05) is 4.90 Å². The number of benzene rings is 1. The van der Waals surface area contributed by atoms with E-state index in [4.69, 9.17) is 0 Å². The molecule has 0 amide bonds. The van der Waals surface area contributed by atoms with Crippen molar-refractivity contribution < 1.29 is 4.39 Å². The van der Waals surface area contributed by atoms with Crippen LogP contribution in [-0.4, -0.2) is 21.7 Å². The molecule has 140 valence electrons. The lowest BCUT2D eigenvalue weighted by Gasteiger charge is -2.42. The fraction of sp³-hybridized carbons (Fsp3) is 0.167. The average molecular weight is 371 g/mol. The highest BCUT2D eigenvalue weighted by atomic mass is 19.1. The molecule has 0 saturated carbocycles. The predicted molar refractivity (Wildman–Crippen MR) is 112 cm³/mol. The zero-order valence-electron chi connectivity index (χ0n) is 15.7. The molecule has 3 aromatic rings. The molecule has 0 saturated heterocycles. The van der Waals surface area contributed by atoms with Gasteiger partial charge in [-0.05, 0) is 42.3 Å². The number of pyridine rings is 2. The average Bonchev–Trinajstić information content (AvgIpc) is 2.76. The summed E-state index contributed by atoms with van der Waals surface area (Å²) >= 11 is 0. The lowest BCUT2D eigenvalue weighted by Crippen LogP contribution is -2.47. The number of halogens is 1. The van der Waals surface area contributed by atoms with Crippen molar-refractivity contribution in [2.24, 2.45) is 0 Å². The van der Waals surface area contributed by atoms with Gasteiger partial charge in [-0.3, -0.25) is 9.97 Å². The van der Waals surface area contributed by atoms with E-state index in [0.29, 0.717) is 12.0 Å². The van der Waals surface area contributed by atoms with E-state index in [0.717, 1.165) is 16.9 Å². The molecular formula is C24H22FN3. The first-order chi connectivity index (χ1) is 13.7. The topological polar surface area (TPSA) is 29.0 Å². The highest BCUT2D eigenvalue weighted by Gasteiger charge is 2.44. The summed E-state index contributed by atoms with van der Waals surface area (Å²) in [6.07, 6.45) is 13.0. The number of rotatable bonds is 5. The van der Waals surface area contributed by atoms with Gasteiger partial charge in [0.25, 0.3) is 0 Å². The molecule has 2 atom stereocenters. The van der Waals surface area contributed by atoms with Gasteiger partial charge in [-0.15, -0.1) is 0 Å². The maximum atomic E-state index is 16.7. The molecule has 1 aromatic carbocycles. The van der Waals surface area contributed by atoms with E-state index in [2.05, 4.69) is 9.97 Å². The number of hydrogen-bond acceptors (Lipinski definition) is 3. The molecule has 1 aliphatic carbocycles. The van der Waals surface area contributed by atoms with Gasteiger partial charge in [0, 0.05) is 18.8 Å². The zero-order chi connectivity index (χ0) is 19.4. The summed E-state index contributed by atoms with van der Waals surface area (Å²) in [5.41, 5.74) is 1.70. The maximum absolute atomic E-state index is 16.7. The third-order valence-electron chi connectivity index (χ3n) is 5.24. The molecule has 0 aliphatic heterocycles. The van der Waals surface area contributed by atoms with Crippen molar-refractivity contribution in [2.45, 2.75) is 25.1 Å². The molecule has 28 heavy (non-hydrogen) atoms. The van der Waals surface area contributed by atoms with Crippen LogP contribution in [0.5, 0.6) is 0 Å². The Bertz CT molecular complexity index is 931. The summed E-state index contributed by atoms with van der Waals surface area (Å²) in [5.74, 6) is 0. The van der Waals surface area contributed by atoms with E-state index in [9.17, 15) is 0 Å². The van der Waals surface area contributed by atoms with Crippen LogP contribution in [0.4, 0.5) is 15.8 Å². The SMILES string of the molecule is CC(N(c1cccnc1)c1cccnc1)C1(F)CC=CC=C1c1ccccc1. The Hall–Kier alpha value is -3.27. The molecule has 4 rings (SSSR count). The molecule has 0 radical (unpaired) electrons. The van der Waals surface area contributed by atoms with Crippen LogP contribution in [0, 0.1) is 0 Å². The summed E-state index contributed by atoms with van der Waals surface area (Å²) in [4.78, 5) is 10.5. The second kappa shape index (κ2) is 7.77. The highest BCUT2D eigenvalue weighted by Crippen LogP contribution is 2.44. The monoisotopic (exact) mass is 371 g/mol. The summed E-state index contributed by atoms with van der Waals surface area (Å²) in [7, 11) is 0. The van der Waals surface area contributed by atoms with E-state index in [1.165, 1.54) is 0 Å². The summed E-state index contributed by atoms with van der Waals surface area (Å²) in [6.45, 7) is 1.93. The van der Waals surface area contributed by atoms with E-state index < -0.39 is 11.7 Å². The molecule has 3 nitrogen and oxygen atoms in total. The van der Waals surface area contributed by atoms with Gasteiger partial charge in [-0.1, -0.05) is 48.6 Å². The Morgan fingerprint density at radius 3 is 2.14 bits per heavy atom. The van der Waals surface area contributed by atoms with Crippen LogP contribution in [0.15, 0.2) is 97.6 Å². The lowest BCUT2D eigenvalue weighted by atomic mass is 9.78. The minimum atomic E-state index is -1.57. The lowest BCUT2D eigenvalue weighted by molar-refractivity contribution is 0.207. The van der Waals surface area contributed by atoms with Gasteiger partial charge >= 0.3 is 0 Å². The van der Waals surface area contributed by atoms with E-state index in [1.807, 2.05) is 84.6 Å². The van der Waals surface area contributed by atoms with Crippen LogP contribution in [-0.2, 0) is 0 Å². The van der Waals surface area contributed by atoms with E-state index >= 15 is 4.39 Å². The first kappa shape index (κ1) is 18.1. The molecule has 0 bridgehead atoms. The van der Waals surface area contributed by atoms with Gasteiger partial charge in [0.2, 0.25) is 0 Å². The first-order valence-electron chi connectivity index (χ1n) is 9.41. The Kier molecular flexibility index (Phi) is 5.02. The molecule has 0 spiro atoms. The summed E-state index contributed by atoms with van der Waals surface area (Å²) in [6, 6.07) is 16.9. The minimum absolute atomic E-state index is 0.311. The molecule has 1 aliphatic rings. The van der Waals surface area contributed by atoms with Gasteiger partial charge in [-0.25, -0.2) is 4.39 Å². The molecular weight excluding hydrogens is 349 g/mol. The van der Waals surface area contributed by atoms with Gasteiger partial charge < -0.3 is 4.90 Å². The molecule has 2 heterocycles. The van der Waals surface area contributed by atoms with Crippen molar-refractivity contribution in [1.29, 1.82) is 0 Å².